The fourth-order valence-electron chi connectivity index (χ4n) is 6.03. The smallest absolute Gasteiger partial charge is 0.317 e. The maximum atomic E-state index is 8.88. The van der Waals surface area contributed by atoms with Gasteiger partial charge in [0, 0.05) is 0 Å². The number of unbranched alkanes of at least 4 members (excludes halogenated alkanes) is 27. The second-order valence-corrected chi connectivity index (χ2v) is 16.3. The minimum atomic E-state index is -4.64. The number of phosphoric acid groups is 1. The molecule has 0 atom stereocenters. The molecule has 0 bridgehead atoms. The highest BCUT2D eigenvalue weighted by atomic mass is 31.2. The van der Waals surface area contributed by atoms with E-state index >= 15 is 0 Å². The SMILES string of the molecule is CCCCCCCCCCNCCCCC.CCCCCCCCCCNCCCCC.CCCCCCCCCCNCCCCC.O=P(O)(O)O. The Morgan fingerprint density at radius 3 is 0.547 bits per heavy atom. The van der Waals surface area contributed by atoms with Crippen molar-refractivity contribution in [1.29, 1.82) is 0 Å². The van der Waals surface area contributed by atoms with Gasteiger partial charge in [-0.2, -0.15) is 0 Å². The summed E-state index contributed by atoms with van der Waals surface area (Å²) in [6.07, 6.45) is 46.4. The van der Waals surface area contributed by atoms with Crippen LogP contribution in [0, 0.1) is 0 Å². The molecule has 0 aliphatic rings. The van der Waals surface area contributed by atoms with E-state index in [1.54, 1.807) is 0 Å². The molecule has 0 aromatic heterocycles. The van der Waals surface area contributed by atoms with Gasteiger partial charge in [0.25, 0.3) is 0 Å². The van der Waals surface area contributed by atoms with Crippen LogP contribution < -0.4 is 16.0 Å². The molecule has 6 N–H and O–H groups in total. The molecule has 0 radical (unpaired) electrons. The predicted octanol–water partition coefficient (Wildman–Crippen LogP) is 13.8. The third-order valence-electron chi connectivity index (χ3n) is 9.49. The van der Waals surface area contributed by atoms with Gasteiger partial charge in [-0.15, -0.1) is 0 Å². The number of rotatable bonds is 39. The van der Waals surface area contributed by atoms with Crippen LogP contribution in [0.5, 0.6) is 0 Å². The van der Waals surface area contributed by atoms with Gasteiger partial charge in [-0.05, 0) is 77.8 Å². The second kappa shape index (κ2) is 58.7. The van der Waals surface area contributed by atoms with E-state index in [4.69, 9.17) is 19.2 Å². The van der Waals surface area contributed by atoms with Gasteiger partial charge in [-0.3, -0.25) is 0 Å². The van der Waals surface area contributed by atoms with Crippen molar-refractivity contribution in [1.82, 2.24) is 16.0 Å². The van der Waals surface area contributed by atoms with E-state index in [0.717, 1.165) is 0 Å². The molecule has 0 aromatic rings. The molecular formula is C45H102N3O4P. The fourth-order valence-corrected chi connectivity index (χ4v) is 6.03. The maximum Gasteiger partial charge on any atom is 0.466 e. The topological polar surface area (TPSA) is 114 Å². The molecule has 0 amide bonds. The Bertz CT molecular complexity index is 508. The van der Waals surface area contributed by atoms with Crippen LogP contribution in [0.4, 0.5) is 0 Å². The van der Waals surface area contributed by atoms with Gasteiger partial charge in [0.05, 0.1) is 0 Å². The molecule has 8 heteroatoms. The Hall–Kier alpha value is -0.0100. The minimum absolute atomic E-state index is 1.23. The van der Waals surface area contributed by atoms with Gasteiger partial charge in [-0.25, -0.2) is 4.57 Å². The lowest BCUT2D eigenvalue weighted by Crippen LogP contribution is -2.16. The zero-order valence-electron chi connectivity index (χ0n) is 37.3. The Balaban J connectivity index is -0.000000318. The average molecular weight is 780 g/mol. The average Bonchev–Trinajstić information content (AvgIpc) is 3.13. The standard InChI is InChI=1S/3C15H33N.H3O4P/c3*1-3-5-7-8-9-10-11-13-15-16-14-12-6-4-2;1-5(2,3)4/h3*16H,3-15H2,1-2H3;(H3,1,2,3,4). The Morgan fingerprint density at radius 1 is 0.264 bits per heavy atom. The summed E-state index contributed by atoms with van der Waals surface area (Å²) in [5.74, 6) is 0. The van der Waals surface area contributed by atoms with Crippen molar-refractivity contribution < 1.29 is 19.2 Å². The lowest BCUT2D eigenvalue weighted by atomic mass is 10.1. The first kappa shape index (κ1) is 59.7. The van der Waals surface area contributed by atoms with Crippen LogP contribution in [0.25, 0.3) is 0 Å². The molecule has 0 saturated heterocycles. The summed E-state index contributed by atoms with van der Waals surface area (Å²) in [6.45, 7) is 21.0. The summed E-state index contributed by atoms with van der Waals surface area (Å²) in [5.41, 5.74) is 0. The monoisotopic (exact) mass is 780 g/mol. The first-order valence-corrected chi connectivity index (χ1v) is 25.2. The van der Waals surface area contributed by atoms with Crippen molar-refractivity contribution in [2.75, 3.05) is 39.3 Å². The molecule has 0 heterocycles. The summed E-state index contributed by atoms with van der Waals surface area (Å²) in [5, 5.41) is 10.6. The van der Waals surface area contributed by atoms with E-state index in [1.165, 1.54) is 251 Å². The van der Waals surface area contributed by atoms with Gasteiger partial charge in [0.15, 0.2) is 0 Å². The number of hydrogen-bond acceptors (Lipinski definition) is 4. The molecule has 0 aromatic carbocycles. The van der Waals surface area contributed by atoms with E-state index in [9.17, 15) is 0 Å². The summed E-state index contributed by atoms with van der Waals surface area (Å²) >= 11 is 0. The van der Waals surface area contributed by atoms with Gasteiger partial charge >= 0.3 is 7.82 Å². The minimum Gasteiger partial charge on any atom is -0.317 e. The third-order valence-corrected chi connectivity index (χ3v) is 9.49. The van der Waals surface area contributed by atoms with Crippen LogP contribution in [0.1, 0.15) is 253 Å². The van der Waals surface area contributed by atoms with Crippen molar-refractivity contribution >= 4 is 7.82 Å². The highest BCUT2D eigenvalue weighted by Crippen LogP contribution is 2.25. The van der Waals surface area contributed by atoms with Crippen LogP contribution in [-0.4, -0.2) is 53.9 Å². The number of nitrogens with one attached hydrogen (secondary N) is 3. The Morgan fingerprint density at radius 2 is 0.377 bits per heavy atom. The first-order valence-electron chi connectivity index (χ1n) is 23.6. The molecule has 0 spiro atoms. The third kappa shape index (κ3) is 85.5. The molecule has 0 aliphatic heterocycles. The molecule has 0 saturated carbocycles. The van der Waals surface area contributed by atoms with Gasteiger partial charge in [-0.1, -0.05) is 215 Å². The molecule has 7 nitrogen and oxygen atoms in total. The largest absolute Gasteiger partial charge is 0.466 e. The molecule has 326 valence electrons. The van der Waals surface area contributed by atoms with Crippen LogP contribution in [-0.2, 0) is 4.57 Å². The van der Waals surface area contributed by atoms with Crippen LogP contribution >= 0.6 is 7.82 Å². The first-order chi connectivity index (χ1) is 25.7. The van der Waals surface area contributed by atoms with Crippen LogP contribution in [0.3, 0.4) is 0 Å². The Labute approximate surface area is 334 Å². The van der Waals surface area contributed by atoms with E-state index in [1.807, 2.05) is 0 Å². The molecular weight excluding hydrogens is 677 g/mol. The summed E-state index contributed by atoms with van der Waals surface area (Å²) in [6, 6.07) is 0. The summed E-state index contributed by atoms with van der Waals surface area (Å²) < 4.78 is 8.88. The van der Waals surface area contributed by atoms with E-state index in [0.29, 0.717) is 0 Å². The zero-order chi connectivity index (χ0) is 40.2. The van der Waals surface area contributed by atoms with E-state index in [2.05, 4.69) is 57.5 Å². The molecule has 0 aliphatic carbocycles. The molecule has 0 fully saturated rings. The Kier molecular flexibility index (Phi) is 66.1. The highest BCUT2D eigenvalue weighted by molar-refractivity contribution is 7.45. The summed E-state index contributed by atoms with van der Waals surface area (Å²) in [4.78, 5) is 21.6. The molecule has 53 heavy (non-hydrogen) atoms. The van der Waals surface area contributed by atoms with Gasteiger partial charge in [0.1, 0.15) is 0 Å². The number of hydrogen-bond donors (Lipinski definition) is 6. The van der Waals surface area contributed by atoms with E-state index in [-0.39, 0.29) is 0 Å². The quantitative estimate of drug-likeness (QED) is 0.0272. The van der Waals surface area contributed by atoms with Crippen molar-refractivity contribution in [3.63, 3.8) is 0 Å². The highest BCUT2D eigenvalue weighted by Gasteiger charge is 2.00. The lowest BCUT2D eigenvalue weighted by Gasteiger charge is -2.04. The molecule has 0 unspecified atom stereocenters. The van der Waals surface area contributed by atoms with Crippen molar-refractivity contribution in [3.05, 3.63) is 0 Å². The normalized spacial score (nSPS) is 11.0. The predicted molar refractivity (Wildman–Crippen MR) is 239 cm³/mol. The maximum absolute atomic E-state index is 8.88. The van der Waals surface area contributed by atoms with Crippen LogP contribution in [0.2, 0.25) is 0 Å². The molecule has 0 rings (SSSR count). The van der Waals surface area contributed by atoms with E-state index < -0.39 is 7.82 Å². The van der Waals surface area contributed by atoms with Gasteiger partial charge < -0.3 is 30.6 Å². The summed E-state index contributed by atoms with van der Waals surface area (Å²) in [7, 11) is -4.64. The van der Waals surface area contributed by atoms with Gasteiger partial charge in [0.2, 0.25) is 0 Å². The fraction of sp³-hybridized carbons (Fsp3) is 1.00. The lowest BCUT2D eigenvalue weighted by molar-refractivity contribution is 0.275. The zero-order valence-corrected chi connectivity index (χ0v) is 38.2. The van der Waals surface area contributed by atoms with Crippen molar-refractivity contribution in [3.8, 4) is 0 Å². The van der Waals surface area contributed by atoms with Crippen molar-refractivity contribution in [2.45, 2.75) is 253 Å². The van der Waals surface area contributed by atoms with Crippen LogP contribution in [0.15, 0.2) is 0 Å². The van der Waals surface area contributed by atoms with Crippen molar-refractivity contribution in [2.24, 2.45) is 0 Å². The second-order valence-electron chi connectivity index (χ2n) is 15.3.